The number of nitrogens with zero attached hydrogens (tertiary/aromatic N) is 2. The second kappa shape index (κ2) is 9.54. The predicted octanol–water partition coefficient (Wildman–Crippen LogP) is 5.58. The quantitative estimate of drug-likeness (QED) is 0.573. The third kappa shape index (κ3) is 6.32. The number of rotatable bonds is 7. The summed E-state index contributed by atoms with van der Waals surface area (Å²) in [6.07, 6.45) is -3.74. The fraction of sp³-hybridized carbons (Fsp3) is 0.417. The molecule has 0 aromatic heterocycles. The lowest BCUT2D eigenvalue weighted by Gasteiger charge is -2.26. The number of alkyl halides is 3. The Labute approximate surface area is 180 Å². The van der Waals surface area contributed by atoms with Crippen LogP contribution in [0.15, 0.2) is 53.7 Å². The molecule has 0 spiro atoms. The summed E-state index contributed by atoms with van der Waals surface area (Å²) in [6, 6.07) is 12.9. The second-order valence-electron chi connectivity index (χ2n) is 8.40. The van der Waals surface area contributed by atoms with Gasteiger partial charge in [0.05, 0.1) is 17.8 Å². The molecule has 31 heavy (non-hydrogen) atoms. The molecule has 1 atom stereocenters. The molecule has 3 rings (SSSR count). The van der Waals surface area contributed by atoms with Crippen LogP contribution in [0.5, 0.6) is 0 Å². The van der Waals surface area contributed by atoms with Crippen molar-refractivity contribution in [2.24, 2.45) is 11.1 Å². The molecular formula is C24H27F3N2O2. The Kier molecular flexibility index (Phi) is 7.03. The highest BCUT2D eigenvalue weighted by atomic mass is 19.4. The lowest BCUT2D eigenvalue weighted by atomic mass is 10.0. The Morgan fingerprint density at radius 3 is 2.35 bits per heavy atom. The maximum absolute atomic E-state index is 12.8. The number of hydrogen-bond donors (Lipinski definition) is 0. The average molecular weight is 432 g/mol. The first-order chi connectivity index (χ1) is 14.6. The Morgan fingerprint density at radius 1 is 1.13 bits per heavy atom. The molecule has 0 aliphatic carbocycles. The minimum absolute atomic E-state index is 0.0534. The van der Waals surface area contributed by atoms with Crippen molar-refractivity contribution in [1.82, 2.24) is 4.90 Å². The van der Waals surface area contributed by atoms with Crippen LogP contribution in [0, 0.1) is 12.8 Å². The van der Waals surface area contributed by atoms with Crippen LogP contribution in [0.2, 0.25) is 0 Å². The van der Waals surface area contributed by atoms with Gasteiger partial charge in [-0.1, -0.05) is 61.0 Å². The number of amides is 1. The van der Waals surface area contributed by atoms with Gasteiger partial charge in [-0.05, 0) is 36.1 Å². The van der Waals surface area contributed by atoms with Gasteiger partial charge in [0.15, 0.2) is 6.10 Å². The number of halogens is 3. The zero-order valence-electron chi connectivity index (χ0n) is 17.9. The summed E-state index contributed by atoms with van der Waals surface area (Å²) in [6.45, 7) is 6.48. The summed E-state index contributed by atoms with van der Waals surface area (Å²) in [4.78, 5) is 20.1. The number of oxime groups is 1. The van der Waals surface area contributed by atoms with Crippen molar-refractivity contribution in [2.75, 3.05) is 6.54 Å². The Balaban J connectivity index is 1.68. The predicted molar refractivity (Wildman–Crippen MR) is 114 cm³/mol. The molecule has 1 aliphatic rings. The molecule has 0 saturated heterocycles. The monoisotopic (exact) mass is 432 g/mol. The maximum atomic E-state index is 12.8. The van der Waals surface area contributed by atoms with Crippen molar-refractivity contribution in [2.45, 2.75) is 52.4 Å². The SMILES string of the molecule is Cc1ccc(C2=NOC(CN(Cc3ccc(C(F)(F)F)cc3)C(=O)CC(C)C)C2)cc1. The van der Waals surface area contributed by atoms with E-state index in [1.54, 1.807) is 4.90 Å². The van der Waals surface area contributed by atoms with Crippen LogP contribution in [-0.4, -0.2) is 29.2 Å². The van der Waals surface area contributed by atoms with Crippen LogP contribution in [0.1, 0.15) is 48.9 Å². The number of benzene rings is 2. The highest BCUT2D eigenvalue weighted by Crippen LogP contribution is 2.29. The highest BCUT2D eigenvalue weighted by Gasteiger charge is 2.30. The summed E-state index contributed by atoms with van der Waals surface area (Å²) in [7, 11) is 0. The van der Waals surface area contributed by atoms with Crippen LogP contribution in [0.3, 0.4) is 0 Å². The Morgan fingerprint density at radius 2 is 1.77 bits per heavy atom. The molecule has 1 aliphatic heterocycles. The summed E-state index contributed by atoms with van der Waals surface area (Å²) in [5, 5.41) is 4.19. The highest BCUT2D eigenvalue weighted by molar-refractivity contribution is 6.01. The van der Waals surface area contributed by atoms with E-state index in [0.717, 1.165) is 29.0 Å². The third-order valence-electron chi connectivity index (χ3n) is 5.13. The summed E-state index contributed by atoms with van der Waals surface area (Å²) < 4.78 is 38.5. The third-order valence-corrected chi connectivity index (χ3v) is 5.13. The van der Waals surface area contributed by atoms with E-state index in [4.69, 9.17) is 4.84 Å². The van der Waals surface area contributed by atoms with Crippen LogP contribution >= 0.6 is 0 Å². The number of carbonyl (C=O) groups excluding carboxylic acids is 1. The average Bonchev–Trinajstić information content (AvgIpc) is 3.16. The van der Waals surface area contributed by atoms with Crippen LogP contribution in [0.25, 0.3) is 0 Å². The molecule has 2 aromatic rings. The summed E-state index contributed by atoms with van der Waals surface area (Å²) in [5.74, 6) is 0.119. The van der Waals surface area contributed by atoms with E-state index in [1.807, 2.05) is 45.0 Å². The van der Waals surface area contributed by atoms with Crippen molar-refractivity contribution in [1.29, 1.82) is 0 Å². The minimum Gasteiger partial charge on any atom is -0.390 e. The molecule has 4 nitrogen and oxygen atoms in total. The van der Waals surface area contributed by atoms with Crippen LogP contribution in [0.4, 0.5) is 13.2 Å². The van der Waals surface area contributed by atoms with Crippen molar-refractivity contribution in [3.8, 4) is 0 Å². The maximum Gasteiger partial charge on any atom is 0.416 e. The van der Waals surface area contributed by atoms with Gasteiger partial charge in [-0.15, -0.1) is 0 Å². The zero-order chi connectivity index (χ0) is 22.6. The van der Waals surface area contributed by atoms with Crippen molar-refractivity contribution >= 4 is 11.6 Å². The van der Waals surface area contributed by atoms with E-state index in [-0.39, 0.29) is 24.5 Å². The lowest BCUT2D eigenvalue weighted by molar-refractivity contribution is -0.138. The Bertz CT molecular complexity index is 919. The molecule has 2 aromatic carbocycles. The number of carbonyl (C=O) groups is 1. The first-order valence-corrected chi connectivity index (χ1v) is 10.4. The van der Waals surface area contributed by atoms with Gasteiger partial charge < -0.3 is 9.74 Å². The van der Waals surface area contributed by atoms with Gasteiger partial charge in [-0.2, -0.15) is 13.2 Å². The van der Waals surface area contributed by atoms with Crippen molar-refractivity contribution in [3.63, 3.8) is 0 Å². The molecule has 0 bridgehead atoms. The molecule has 166 valence electrons. The fourth-order valence-electron chi connectivity index (χ4n) is 3.44. The van der Waals surface area contributed by atoms with E-state index in [1.165, 1.54) is 12.1 Å². The van der Waals surface area contributed by atoms with Gasteiger partial charge in [0, 0.05) is 19.4 Å². The topological polar surface area (TPSA) is 41.9 Å². The van der Waals surface area contributed by atoms with E-state index >= 15 is 0 Å². The van der Waals surface area contributed by atoms with Gasteiger partial charge in [-0.25, -0.2) is 0 Å². The van der Waals surface area contributed by atoms with Gasteiger partial charge in [0.25, 0.3) is 0 Å². The van der Waals surface area contributed by atoms with Gasteiger partial charge in [0.1, 0.15) is 0 Å². The molecule has 0 saturated carbocycles. The van der Waals surface area contributed by atoms with Crippen molar-refractivity contribution < 1.29 is 22.8 Å². The first-order valence-electron chi connectivity index (χ1n) is 10.4. The summed E-state index contributed by atoms with van der Waals surface area (Å²) in [5.41, 5.74) is 2.91. The molecule has 0 N–H and O–H groups in total. The van der Waals surface area contributed by atoms with E-state index in [2.05, 4.69) is 5.16 Å². The molecular weight excluding hydrogens is 405 g/mol. The smallest absolute Gasteiger partial charge is 0.390 e. The van der Waals surface area contributed by atoms with Crippen LogP contribution in [-0.2, 0) is 22.4 Å². The van der Waals surface area contributed by atoms with Crippen molar-refractivity contribution in [3.05, 3.63) is 70.8 Å². The fourth-order valence-corrected chi connectivity index (χ4v) is 3.44. The van der Waals surface area contributed by atoms with Gasteiger partial charge >= 0.3 is 6.18 Å². The molecule has 0 radical (unpaired) electrons. The minimum atomic E-state index is -4.38. The van der Waals surface area contributed by atoms with Gasteiger partial charge in [0.2, 0.25) is 5.91 Å². The normalized spacial score (nSPS) is 16.2. The standard InChI is InChI=1S/C24H27F3N2O2/c1-16(2)12-23(30)29(14-18-6-10-20(11-7-18)24(25,26)27)15-21-13-22(28-31-21)19-8-4-17(3)5-9-19/h4-11,16,21H,12-15H2,1-3H3. The first kappa shape index (κ1) is 22.8. The number of hydrogen-bond acceptors (Lipinski definition) is 3. The second-order valence-corrected chi connectivity index (χ2v) is 8.40. The molecule has 0 fully saturated rings. The van der Waals surface area contributed by atoms with E-state index in [9.17, 15) is 18.0 Å². The van der Waals surface area contributed by atoms with Crippen LogP contribution < -0.4 is 0 Å². The molecule has 1 heterocycles. The van der Waals surface area contributed by atoms with Gasteiger partial charge in [-0.3, -0.25) is 4.79 Å². The zero-order valence-corrected chi connectivity index (χ0v) is 17.9. The van der Waals surface area contributed by atoms with E-state index in [0.29, 0.717) is 24.9 Å². The Hall–Kier alpha value is -2.83. The largest absolute Gasteiger partial charge is 0.416 e. The molecule has 7 heteroatoms. The number of aryl methyl sites for hydroxylation is 1. The molecule has 1 amide bonds. The lowest BCUT2D eigenvalue weighted by Crippen LogP contribution is -2.37. The summed E-state index contributed by atoms with van der Waals surface area (Å²) >= 11 is 0. The van der Waals surface area contributed by atoms with E-state index < -0.39 is 11.7 Å². The molecule has 1 unspecified atom stereocenters.